The minimum Gasteiger partial charge on any atom is -0.480 e. The van der Waals surface area contributed by atoms with Gasteiger partial charge in [-0.15, -0.1) is 23.1 Å². The number of carboxylic acid groups (broad SMARTS) is 1. The lowest BCUT2D eigenvalue weighted by Gasteiger charge is -2.15. The minimum absolute atomic E-state index is 0.136. The van der Waals surface area contributed by atoms with Crippen molar-refractivity contribution in [1.29, 1.82) is 0 Å². The minimum atomic E-state index is -0.757. The molecule has 1 fully saturated rings. The molecule has 0 aliphatic carbocycles. The molecule has 1 aromatic heterocycles. The number of carboxylic acids is 1. The van der Waals surface area contributed by atoms with E-state index in [1.807, 2.05) is 0 Å². The van der Waals surface area contributed by atoms with E-state index in [1.165, 1.54) is 9.75 Å². The van der Waals surface area contributed by atoms with Gasteiger partial charge in [0.25, 0.3) is 0 Å². The van der Waals surface area contributed by atoms with E-state index in [0.29, 0.717) is 5.75 Å². The Hall–Kier alpha value is -0.520. The third-order valence-corrected chi connectivity index (χ3v) is 5.68. The van der Waals surface area contributed by atoms with Gasteiger partial charge in [0.2, 0.25) is 0 Å². The number of thioether (sulfide) groups is 1. The fraction of sp³-hybridized carbons (Fsp3) is 0.583. The van der Waals surface area contributed by atoms with Gasteiger partial charge in [-0.05, 0) is 17.5 Å². The average Bonchev–Trinajstić information content (AvgIpc) is 2.85. The van der Waals surface area contributed by atoms with Gasteiger partial charge in [0.05, 0.1) is 5.37 Å². The number of thiophene rings is 1. The first-order valence-electron chi connectivity index (χ1n) is 5.58. The molecule has 0 bridgehead atoms. The largest absolute Gasteiger partial charge is 0.480 e. The maximum atomic E-state index is 10.9. The average molecular weight is 271 g/mol. The number of hydrogen-bond donors (Lipinski definition) is 2. The van der Waals surface area contributed by atoms with Crippen LogP contribution in [0.15, 0.2) is 12.1 Å². The van der Waals surface area contributed by atoms with Gasteiger partial charge in [0, 0.05) is 15.5 Å². The molecule has 0 amide bonds. The highest BCUT2D eigenvalue weighted by Crippen LogP contribution is 2.39. The molecule has 0 aromatic carbocycles. The van der Waals surface area contributed by atoms with Crippen LogP contribution >= 0.6 is 23.1 Å². The second kappa shape index (κ2) is 4.63. The summed E-state index contributed by atoms with van der Waals surface area (Å²) in [5, 5.41) is 12.2. The van der Waals surface area contributed by atoms with E-state index >= 15 is 0 Å². The lowest BCUT2D eigenvalue weighted by Crippen LogP contribution is -2.33. The standard InChI is InChI=1S/C12H17NO2S2/c1-12(2,3)9-5-4-8(17-9)10-13-7(6-16-10)11(14)15/h4-5,7,10,13H,6H2,1-3H3,(H,14,15)/t7-,10?/m0/s1. The molecule has 1 aliphatic heterocycles. The molecule has 1 aliphatic rings. The molecule has 1 aromatic rings. The van der Waals surface area contributed by atoms with Gasteiger partial charge in [-0.3, -0.25) is 10.1 Å². The van der Waals surface area contributed by atoms with E-state index in [1.54, 1.807) is 23.1 Å². The Kier molecular flexibility index (Phi) is 3.52. The van der Waals surface area contributed by atoms with Gasteiger partial charge >= 0.3 is 5.97 Å². The zero-order valence-corrected chi connectivity index (χ0v) is 11.8. The van der Waals surface area contributed by atoms with Crippen LogP contribution in [0.25, 0.3) is 0 Å². The lowest BCUT2D eigenvalue weighted by atomic mass is 9.95. The molecule has 17 heavy (non-hydrogen) atoms. The highest BCUT2D eigenvalue weighted by atomic mass is 32.2. The molecule has 1 saturated heterocycles. The Labute approximate surface area is 110 Å². The van der Waals surface area contributed by atoms with Crippen LogP contribution in [0.5, 0.6) is 0 Å². The van der Waals surface area contributed by atoms with Crippen LogP contribution in [0.4, 0.5) is 0 Å². The summed E-state index contributed by atoms with van der Waals surface area (Å²) < 4.78 is 0. The lowest BCUT2D eigenvalue weighted by molar-refractivity contribution is -0.138. The first-order chi connectivity index (χ1) is 7.88. The molecule has 3 nitrogen and oxygen atoms in total. The predicted molar refractivity (Wildman–Crippen MR) is 72.8 cm³/mol. The highest BCUT2D eigenvalue weighted by Gasteiger charge is 2.31. The summed E-state index contributed by atoms with van der Waals surface area (Å²) in [6.07, 6.45) is 0. The third kappa shape index (κ3) is 2.84. The summed E-state index contributed by atoms with van der Waals surface area (Å²) in [6, 6.07) is 3.85. The van der Waals surface area contributed by atoms with Crippen molar-refractivity contribution in [1.82, 2.24) is 5.32 Å². The molecule has 94 valence electrons. The molecule has 2 heterocycles. The van der Waals surface area contributed by atoms with Crippen molar-refractivity contribution in [2.75, 3.05) is 5.75 Å². The number of hydrogen-bond acceptors (Lipinski definition) is 4. The summed E-state index contributed by atoms with van der Waals surface area (Å²) >= 11 is 3.45. The maximum absolute atomic E-state index is 10.9. The molecular formula is C12H17NO2S2. The van der Waals surface area contributed by atoms with Gasteiger partial charge in [-0.1, -0.05) is 20.8 Å². The topological polar surface area (TPSA) is 49.3 Å². The van der Waals surface area contributed by atoms with Gasteiger partial charge in [0.1, 0.15) is 6.04 Å². The normalized spacial score (nSPS) is 25.1. The second-order valence-corrected chi connectivity index (χ2v) is 7.48. The van der Waals surface area contributed by atoms with Gasteiger partial charge in [0.15, 0.2) is 0 Å². The number of nitrogens with one attached hydrogen (secondary N) is 1. The quantitative estimate of drug-likeness (QED) is 0.868. The van der Waals surface area contributed by atoms with Crippen molar-refractivity contribution in [2.45, 2.75) is 37.6 Å². The zero-order valence-electron chi connectivity index (χ0n) is 10.2. The molecule has 1 unspecified atom stereocenters. The molecule has 2 N–H and O–H groups in total. The SMILES string of the molecule is CC(C)(C)c1ccc(C2N[C@H](C(=O)O)CS2)s1. The van der Waals surface area contributed by atoms with E-state index < -0.39 is 12.0 Å². The first-order valence-corrected chi connectivity index (χ1v) is 7.45. The predicted octanol–water partition coefficient (Wildman–Crippen LogP) is 2.83. The summed E-state index contributed by atoms with van der Waals surface area (Å²) in [5.74, 6) is -0.115. The summed E-state index contributed by atoms with van der Waals surface area (Å²) in [6.45, 7) is 6.58. The molecule has 0 saturated carbocycles. The summed E-state index contributed by atoms with van der Waals surface area (Å²) in [4.78, 5) is 13.4. The van der Waals surface area contributed by atoms with Gasteiger partial charge in [-0.25, -0.2) is 0 Å². The van der Waals surface area contributed by atoms with Crippen molar-refractivity contribution >= 4 is 29.1 Å². The molecule has 5 heteroatoms. The van der Waals surface area contributed by atoms with Crippen molar-refractivity contribution < 1.29 is 9.90 Å². The number of carbonyl (C=O) groups is 1. The number of rotatable bonds is 2. The Morgan fingerprint density at radius 2 is 2.18 bits per heavy atom. The molecule has 2 rings (SSSR count). The van der Waals surface area contributed by atoms with Crippen LogP contribution in [0.1, 0.15) is 35.9 Å². The van der Waals surface area contributed by atoms with Crippen LogP contribution in [0.3, 0.4) is 0 Å². The maximum Gasteiger partial charge on any atom is 0.321 e. The van der Waals surface area contributed by atoms with Gasteiger partial charge in [-0.2, -0.15) is 0 Å². The van der Waals surface area contributed by atoms with Crippen molar-refractivity contribution in [3.8, 4) is 0 Å². The smallest absolute Gasteiger partial charge is 0.321 e. The fourth-order valence-corrected chi connectivity index (χ4v) is 4.16. The summed E-state index contributed by atoms with van der Waals surface area (Å²) in [5.41, 5.74) is 0.165. The van der Waals surface area contributed by atoms with Crippen molar-refractivity contribution in [2.24, 2.45) is 0 Å². The van der Waals surface area contributed by atoms with Crippen LogP contribution in [0.2, 0.25) is 0 Å². The Morgan fingerprint density at radius 1 is 1.47 bits per heavy atom. The summed E-state index contributed by atoms with van der Waals surface area (Å²) in [7, 11) is 0. The van der Waals surface area contributed by atoms with E-state index in [9.17, 15) is 4.79 Å². The third-order valence-electron chi connectivity index (χ3n) is 2.70. The van der Waals surface area contributed by atoms with Crippen molar-refractivity contribution in [3.63, 3.8) is 0 Å². The highest BCUT2D eigenvalue weighted by molar-refractivity contribution is 7.99. The van der Waals surface area contributed by atoms with Crippen LogP contribution in [0, 0.1) is 0 Å². The Balaban J connectivity index is 2.10. The molecular weight excluding hydrogens is 254 g/mol. The molecule has 0 radical (unpaired) electrons. The van der Waals surface area contributed by atoms with E-state index in [2.05, 4.69) is 38.2 Å². The van der Waals surface area contributed by atoms with E-state index in [0.717, 1.165) is 0 Å². The molecule has 0 spiro atoms. The fourth-order valence-electron chi connectivity index (χ4n) is 1.68. The number of aliphatic carboxylic acids is 1. The zero-order chi connectivity index (χ0) is 12.6. The van der Waals surface area contributed by atoms with Crippen LogP contribution < -0.4 is 5.32 Å². The van der Waals surface area contributed by atoms with E-state index in [-0.39, 0.29) is 10.8 Å². The molecule has 2 atom stereocenters. The van der Waals surface area contributed by atoms with Crippen LogP contribution in [-0.2, 0) is 10.2 Å². The monoisotopic (exact) mass is 271 g/mol. The van der Waals surface area contributed by atoms with Crippen LogP contribution in [-0.4, -0.2) is 22.9 Å². The van der Waals surface area contributed by atoms with Crippen molar-refractivity contribution in [3.05, 3.63) is 21.9 Å². The Bertz CT molecular complexity index is 422. The second-order valence-electron chi connectivity index (χ2n) is 5.22. The van der Waals surface area contributed by atoms with Gasteiger partial charge < -0.3 is 5.11 Å². The first kappa shape index (κ1) is 12.9. The van der Waals surface area contributed by atoms with E-state index in [4.69, 9.17) is 5.11 Å². The Morgan fingerprint density at radius 3 is 2.65 bits per heavy atom.